The molecule has 2 heterocycles. The molecule has 5 nitrogen and oxygen atoms in total. The van der Waals surface area contributed by atoms with Crippen molar-refractivity contribution in [3.05, 3.63) is 99.8 Å². The SMILES string of the molecule is C=CCN(CC(=O)N1CCc2sccc2C1c1ccc(OC)cc1)C(=O)c1ccc(C)cc1. The zero-order valence-electron chi connectivity index (χ0n) is 19.0. The van der Waals surface area contributed by atoms with Gasteiger partial charge >= 0.3 is 0 Å². The molecular weight excluding hydrogens is 432 g/mol. The lowest BCUT2D eigenvalue weighted by Gasteiger charge is -2.37. The summed E-state index contributed by atoms with van der Waals surface area (Å²) in [5.74, 6) is 0.534. The molecule has 0 spiro atoms. The predicted octanol–water partition coefficient (Wildman–Crippen LogP) is 4.87. The molecule has 6 heteroatoms. The van der Waals surface area contributed by atoms with Gasteiger partial charge in [0.05, 0.1) is 13.2 Å². The average molecular weight is 461 g/mol. The van der Waals surface area contributed by atoms with Crippen LogP contribution in [0.3, 0.4) is 0 Å². The second-order valence-corrected chi connectivity index (χ2v) is 9.15. The molecule has 0 aliphatic carbocycles. The van der Waals surface area contributed by atoms with Gasteiger partial charge in [0.2, 0.25) is 5.91 Å². The highest BCUT2D eigenvalue weighted by molar-refractivity contribution is 7.10. The Morgan fingerprint density at radius 3 is 2.55 bits per heavy atom. The number of rotatable bonds is 7. The summed E-state index contributed by atoms with van der Waals surface area (Å²) in [4.78, 5) is 31.5. The monoisotopic (exact) mass is 460 g/mol. The number of methoxy groups -OCH3 is 1. The van der Waals surface area contributed by atoms with Crippen LogP contribution in [-0.2, 0) is 11.2 Å². The molecule has 1 aliphatic rings. The minimum Gasteiger partial charge on any atom is -0.497 e. The summed E-state index contributed by atoms with van der Waals surface area (Å²) in [6.07, 6.45) is 2.48. The second-order valence-electron chi connectivity index (χ2n) is 8.15. The third-order valence-electron chi connectivity index (χ3n) is 5.98. The van der Waals surface area contributed by atoms with E-state index >= 15 is 0 Å². The summed E-state index contributed by atoms with van der Waals surface area (Å²) < 4.78 is 5.31. The van der Waals surface area contributed by atoms with Crippen molar-refractivity contribution in [2.45, 2.75) is 19.4 Å². The highest BCUT2D eigenvalue weighted by Crippen LogP contribution is 2.38. The third-order valence-corrected chi connectivity index (χ3v) is 6.98. The molecule has 0 radical (unpaired) electrons. The number of benzene rings is 2. The van der Waals surface area contributed by atoms with E-state index in [0.29, 0.717) is 18.7 Å². The fourth-order valence-electron chi connectivity index (χ4n) is 4.24. The predicted molar refractivity (Wildman–Crippen MR) is 132 cm³/mol. The number of fused-ring (bicyclic) bond motifs is 1. The first-order valence-electron chi connectivity index (χ1n) is 11.0. The fourth-order valence-corrected chi connectivity index (χ4v) is 5.14. The molecular formula is C27H28N2O3S. The van der Waals surface area contributed by atoms with Crippen molar-refractivity contribution < 1.29 is 14.3 Å². The number of hydrogen-bond acceptors (Lipinski definition) is 4. The maximum atomic E-state index is 13.6. The number of hydrogen-bond donors (Lipinski definition) is 0. The van der Waals surface area contributed by atoms with Gasteiger partial charge in [0, 0.05) is 23.5 Å². The molecule has 2 amide bonds. The van der Waals surface area contributed by atoms with Crippen molar-refractivity contribution in [3.63, 3.8) is 0 Å². The molecule has 1 atom stereocenters. The lowest BCUT2D eigenvalue weighted by Crippen LogP contribution is -2.46. The van der Waals surface area contributed by atoms with Crippen LogP contribution in [0.1, 0.15) is 38.0 Å². The zero-order valence-corrected chi connectivity index (χ0v) is 19.8. The summed E-state index contributed by atoms with van der Waals surface area (Å²) >= 11 is 1.73. The number of carbonyl (C=O) groups excluding carboxylic acids is 2. The van der Waals surface area contributed by atoms with Crippen LogP contribution in [-0.4, -0.2) is 48.4 Å². The Balaban J connectivity index is 1.60. The van der Waals surface area contributed by atoms with Gasteiger partial charge in [-0.2, -0.15) is 0 Å². The van der Waals surface area contributed by atoms with Gasteiger partial charge in [-0.15, -0.1) is 17.9 Å². The zero-order chi connectivity index (χ0) is 23.4. The summed E-state index contributed by atoms with van der Waals surface area (Å²) in [6, 6.07) is 17.2. The number of nitrogens with zero attached hydrogens (tertiary/aromatic N) is 2. The Hall–Kier alpha value is -3.38. The van der Waals surface area contributed by atoms with Crippen LogP contribution in [0.2, 0.25) is 0 Å². The highest BCUT2D eigenvalue weighted by Gasteiger charge is 2.34. The molecule has 0 saturated heterocycles. The largest absolute Gasteiger partial charge is 0.497 e. The Morgan fingerprint density at radius 2 is 1.88 bits per heavy atom. The summed E-state index contributed by atoms with van der Waals surface area (Å²) in [5, 5.41) is 2.08. The van der Waals surface area contributed by atoms with Gasteiger partial charge < -0.3 is 14.5 Å². The lowest BCUT2D eigenvalue weighted by atomic mass is 9.93. The number of amides is 2. The third kappa shape index (κ3) is 4.86. The Morgan fingerprint density at radius 1 is 1.15 bits per heavy atom. The van der Waals surface area contributed by atoms with Crippen molar-refractivity contribution in [3.8, 4) is 5.75 Å². The van der Waals surface area contributed by atoms with Gasteiger partial charge in [-0.05, 0) is 60.2 Å². The highest BCUT2D eigenvalue weighted by atomic mass is 32.1. The van der Waals surface area contributed by atoms with Gasteiger partial charge in [-0.1, -0.05) is 35.9 Å². The average Bonchev–Trinajstić information content (AvgIpc) is 3.32. The number of thiophene rings is 1. The van der Waals surface area contributed by atoms with Crippen LogP contribution in [0, 0.1) is 6.92 Å². The van der Waals surface area contributed by atoms with Gasteiger partial charge in [0.1, 0.15) is 12.3 Å². The molecule has 0 bridgehead atoms. The fraction of sp³-hybridized carbons (Fsp3) is 0.259. The van der Waals surface area contributed by atoms with Gasteiger partial charge in [0.15, 0.2) is 0 Å². The van der Waals surface area contributed by atoms with Crippen molar-refractivity contribution >= 4 is 23.2 Å². The van der Waals surface area contributed by atoms with E-state index in [1.165, 1.54) is 4.88 Å². The Labute approximate surface area is 198 Å². The first-order chi connectivity index (χ1) is 16.0. The summed E-state index contributed by atoms with van der Waals surface area (Å²) in [6.45, 7) is 6.69. The standard InChI is InChI=1S/C27H28N2O3S/c1-4-15-28(27(31)21-7-5-19(2)6-8-21)18-25(30)29-16-13-24-23(14-17-33-24)26(29)20-9-11-22(32-3)12-10-20/h4-12,14,17,26H,1,13,15-16,18H2,2-3H3. The van der Waals surface area contributed by atoms with E-state index in [4.69, 9.17) is 4.74 Å². The normalized spacial score (nSPS) is 15.0. The van der Waals surface area contributed by atoms with Crippen LogP contribution in [0.4, 0.5) is 0 Å². The Bertz CT molecular complexity index is 1130. The molecule has 0 fully saturated rings. The molecule has 3 aromatic rings. The van der Waals surface area contributed by atoms with Gasteiger partial charge in [-0.3, -0.25) is 9.59 Å². The smallest absolute Gasteiger partial charge is 0.254 e. The maximum Gasteiger partial charge on any atom is 0.254 e. The minimum atomic E-state index is -0.182. The molecule has 0 N–H and O–H groups in total. The molecule has 1 aromatic heterocycles. The first-order valence-corrected chi connectivity index (χ1v) is 11.9. The van der Waals surface area contributed by atoms with Gasteiger partial charge in [0.25, 0.3) is 5.91 Å². The molecule has 170 valence electrons. The van der Waals surface area contributed by atoms with Crippen molar-refractivity contribution in [2.75, 3.05) is 26.7 Å². The number of aryl methyl sites for hydroxylation is 1. The van der Waals surface area contributed by atoms with E-state index in [9.17, 15) is 9.59 Å². The first kappa shape index (κ1) is 22.8. The maximum absolute atomic E-state index is 13.6. The van der Waals surface area contributed by atoms with Crippen LogP contribution < -0.4 is 4.74 Å². The molecule has 4 rings (SSSR count). The Kier molecular flexibility index (Phi) is 6.94. The summed E-state index contributed by atoms with van der Waals surface area (Å²) in [5.41, 5.74) is 3.84. The molecule has 33 heavy (non-hydrogen) atoms. The van der Waals surface area contributed by atoms with Crippen molar-refractivity contribution in [1.82, 2.24) is 9.80 Å². The minimum absolute atomic E-state index is 0.00482. The van der Waals surface area contributed by atoms with Crippen LogP contribution >= 0.6 is 11.3 Å². The number of ether oxygens (including phenoxy) is 1. The molecule has 1 unspecified atom stereocenters. The van der Waals surface area contributed by atoms with E-state index < -0.39 is 0 Å². The molecule has 1 aliphatic heterocycles. The topological polar surface area (TPSA) is 49.9 Å². The van der Waals surface area contributed by atoms with Crippen LogP contribution in [0.5, 0.6) is 5.75 Å². The van der Waals surface area contributed by atoms with E-state index in [-0.39, 0.29) is 24.4 Å². The van der Waals surface area contributed by atoms with E-state index in [1.807, 2.05) is 48.2 Å². The number of carbonyl (C=O) groups is 2. The van der Waals surface area contributed by atoms with E-state index in [0.717, 1.165) is 28.9 Å². The van der Waals surface area contributed by atoms with Crippen LogP contribution in [0.25, 0.3) is 0 Å². The molecule has 0 saturated carbocycles. The van der Waals surface area contributed by atoms with E-state index in [2.05, 4.69) is 18.0 Å². The summed E-state index contributed by atoms with van der Waals surface area (Å²) in [7, 11) is 1.64. The van der Waals surface area contributed by atoms with Crippen molar-refractivity contribution in [2.24, 2.45) is 0 Å². The molecule has 2 aromatic carbocycles. The lowest BCUT2D eigenvalue weighted by molar-refractivity contribution is -0.133. The van der Waals surface area contributed by atoms with Gasteiger partial charge in [-0.25, -0.2) is 0 Å². The van der Waals surface area contributed by atoms with E-state index in [1.54, 1.807) is 41.6 Å². The quantitative estimate of drug-likeness (QED) is 0.473. The van der Waals surface area contributed by atoms with Crippen LogP contribution in [0.15, 0.2) is 72.6 Å². The second kappa shape index (κ2) is 10.0. The van der Waals surface area contributed by atoms with Crippen molar-refractivity contribution in [1.29, 1.82) is 0 Å².